The molecular formula is C21H22N2O4. The molecule has 1 aliphatic heterocycles. The Labute approximate surface area is 158 Å². The molecule has 0 spiro atoms. The van der Waals surface area contributed by atoms with E-state index in [9.17, 15) is 14.7 Å². The summed E-state index contributed by atoms with van der Waals surface area (Å²) in [6, 6.07) is 10.8. The van der Waals surface area contributed by atoms with Crippen LogP contribution in [0.15, 0.2) is 54.9 Å². The maximum absolute atomic E-state index is 12.5. The predicted octanol–water partition coefficient (Wildman–Crippen LogP) is 3.25. The molecule has 1 amide bonds. The second-order valence-electron chi connectivity index (χ2n) is 6.91. The van der Waals surface area contributed by atoms with Crippen molar-refractivity contribution < 1.29 is 19.4 Å². The number of amides is 1. The van der Waals surface area contributed by atoms with Gasteiger partial charge >= 0.3 is 5.97 Å². The van der Waals surface area contributed by atoms with Gasteiger partial charge in [-0.1, -0.05) is 18.2 Å². The SMILES string of the molecule is CC(C)(Oc1cccc(C2=CCN(C(=O)c3ccncc3)CC2)c1)C(=O)O. The van der Waals surface area contributed by atoms with Gasteiger partial charge in [-0.3, -0.25) is 9.78 Å². The van der Waals surface area contributed by atoms with E-state index in [0.29, 0.717) is 24.4 Å². The van der Waals surface area contributed by atoms with Crippen molar-refractivity contribution in [3.63, 3.8) is 0 Å². The van der Waals surface area contributed by atoms with E-state index in [0.717, 1.165) is 17.6 Å². The van der Waals surface area contributed by atoms with Gasteiger partial charge in [0.15, 0.2) is 5.60 Å². The molecule has 0 unspecified atom stereocenters. The highest BCUT2D eigenvalue weighted by Gasteiger charge is 2.29. The van der Waals surface area contributed by atoms with Gasteiger partial charge in [-0.05, 0) is 55.7 Å². The van der Waals surface area contributed by atoms with Crippen LogP contribution in [0.5, 0.6) is 5.75 Å². The Balaban J connectivity index is 1.71. The molecule has 0 atom stereocenters. The van der Waals surface area contributed by atoms with E-state index in [4.69, 9.17) is 4.74 Å². The van der Waals surface area contributed by atoms with Crippen LogP contribution >= 0.6 is 0 Å². The first-order valence-corrected chi connectivity index (χ1v) is 8.78. The molecule has 0 aliphatic carbocycles. The summed E-state index contributed by atoms with van der Waals surface area (Å²) in [7, 11) is 0. The molecular weight excluding hydrogens is 344 g/mol. The number of rotatable bonds is 5. The number of ether oxygens (including phenoxy) is 1. The summed E-state index contributed by atoms with van der Waals surface area (Å²) < 4.78 is 5.61. The molecule has 2 aromatic rings. The Morgan fingerprint density at radius 3 is 2.56 bits per heavy atom. The molecule has 0 saturated heterocycles. The highest BCUT2D eigenvalue weighted by atomic mass is 16.5. The van der Waals surface area contributed by atoms with Gasteiger partial charge in [0.1, 0.15) is 5.75 Å². The number of hydrogen-bond acceptors (Lipinski definition) is 4. The second kappa shape index (κ2) is 7.61. The quantitative estimate of drug-likeness (QED) is 0.879. The van der Waals surface area contributed by atoms with E-state index in [1.54, 1.807) is 35.5 Å². The first-order valence-electron chi connectivity index (χ1n) is 8.78. The molecule has 6 nitrogen and oxygen atoms in total. The summed E-state index contributed by atoms with van der Waals surface area (Å²) in [5.41, 5.74) is 1.43. The molecule has 1 aromatic heterocycles. The van der Waals surface area contributed by atoms with Crippen LogP contribution in [-0.2, 0) is 4.79 Å². The normalized spacial score (nSPS) is 14.4. The molecule has 1 aliphatic rings. The van der Waals surface area contributed by atoms with Gasteiger partial charge in [0, 0.05) is 31.0 Å². The zero-order chi connectivity index (χ0) is 19.4. The Kier molecular flexibility index (Phi) is 5.26. The summed E-state index contributed by atoms with van der Waals surface area (Å²) >= 11 is 0. The van der Waals surface area contributed by atoms with Gasteiger partial charge in [-0.25, -0.2) is 4.79 Å². The molecule has 27 heavy (non-hydrogen) atoms. The van der Waals surface area contributed by atoms with E-state index in [2.05, 4.69) is 4.98 Å². The highest BCUT2D eigenvalue weighted by Crippen LogP contribution is 2.27. The predicted molar refractivity (Wildman–Crippen MR) is 102 cm³/mol. The van der Waals surface area contributed by atoms with Crippen molar-refractivity contribution in [2.24, 2.45) is 0 Å². The lowest BCUT2D eigenvalue weighted by molar-refractivity contribution is -0.152. The lowest BCUT2D eigenvalue weighted by Gasteiger charge is -2.27. The molecule has 1 N–H and O–H groups in total. The molecule has 3 rings (SSSR count). The van der Waals surface area contributed by atoms with E-state index < -0.39 is 11.6 Å². The zero-order valence-electron chi connectivity index (χ0n) is 15.4. The van der Waals surface area contributed by atoms with Crippen LogP contribution in [0.3, 0.4) is 0 Å². The number of carboxylic acid groups (broad SMARTS) is 1. The molecule has 1 aromatic carbocycles. The van der Waals surface area contributed by atoms with Crippen molar-refractivity contribution in [3.05, 3.63) is 66.0 Å². The fraction of sp³-hybridized carbons (Fsp3) is 0.286. The lowest BCUT2D eigenvalue weighted by Crippen LogP contribution is -2.37. The topological polar surface area (TPSA) is 79.7 Å². The first-order chi connectivity index (χ1) is 12.9. The van der Waals surface area contributed by atoms with Crippen LogP contribution < -0.4 is 4.74 Å². The molecule has 140 valence electrons. The first kappa shape index (κ1) is 18.6. The largest absolute Gasteiger partial charge is 0.478 e. The molecule has 0 saturated carbocycles. The van der Waals surface area contributed by atoms with Crippen LogP contribution in [0, 0.1) is 0 Å². The van der Waals surface area contributed by atoms with Crippen LogP contribution in [0.4, 0.5) is 0 Å². The average molecular weight is 366 g/mol. The van der Waals surface area contributed by atoms with E-state index in [-0.39, 0.29) is 5.91 Å². The molecule has 6 heteroatoms. The monoisotopic (exact) mass is 366 g/mol. The summed E-state index contributed by atoms with van der Waals surface area (Å²) in [6.07, 6.45) is 5.98. The Hall–Kier alpha value is -3.15. The van der Waals surface area contributed by atoms with Crippen LogP contribution in [-0.4, -0.2) is 45.6 Å². The summed E-state index contributed by atoms with van der Waals surface area (Å²) in [5.74, 6) is -0.515. The van der Waals surface area contributed by atoms with E-state index >= 15 is 0 Å². The number of carbonyl (C=O) groups excluding carboxylic acids is 1. The zero-order valence-corrected chi connectivity index (χ0v) is 15.4. The van der Waals surface area contributed by atoms with Crippen molar-refractivity contribution in [2.75, 3.05) is 13.1 Å². The number of aliphatic carboxylic acids is 1. The molecule has 0 radical (unpaired) electrons. The molecule has 2 heterocycles. The summed E-state index contributed by atoms with van der Waals surface area (Å²) in [4.78, 5) is 29.5. The fourth-order valence-corrected chi connectivity index (χ4v) is 2.89. The van der Waals surface area contributed by atoms with Crippen molar-refractivity contribution in [1.29, 1.82) is 0 Å². The van der Waals surface area contributed by atoms with Gasteiger partial charge in [-0.2, -0.15) is 0 Å². The minimum absolute atomic E-state index is 0.00649. The van der Waals surface area contributed by atoms with Crippen LogP contribution in [0.2, 0.25) is 0 Å². The van der Waals surface area contributed by atoms with Gasteiger partial charge in [-0.15, -0.1) is 0 Å². The fourth-order valence-electron chi connectivity index (χ4n) is 2.89. The van der Waals surface area contributed by atoms with Crippen molar-refractivity contribution in [2.45, 2.75) is 25.9 Å². The number of aromatic nitrogens is 1. The van der Waals surface area contributed by atoms with Gasteiger partial charge in [0.25, 0.3) is 5.91 Å². The third-order valence-corrected chi connectivity index (χ3v) is 4.52. The van der Waals surface area contributed by atoms with Crippen molar-refractivity contribution in [3.8, 4) is 5.75 Å². The van der Waals surface area contributed by atoms with Crippen LogP contribution in [0.1, 0.15) is 36.2 Å². The van der Waals surface area contributed by atoms with E-state index in [1.165, 1.54) is 13.8 Å². The van der Waals surface area contributed by atoms with Crippen molar-refractivity contribution >= 4 is 17.4 Å². The number of hydrogen-bond donors (Lipinski definition) is 1. The van der Waals surface area contributed by atoms with Crippen LogP contribution in [0.25, 0.3) is 5.57 Å². The minimum Gasteiger partial charge on any atom is -0.478 e. The molecule has 0 fully saturated rings. The number of nitrogens with zero attached hydrogens (tertiary/aromatic N) is 2. The Morgan fingerprint density at radius 1 is 1.19 bits per heavy atom. The second-order valence-corrected chi connectivity index (χ2v) is 6.91. The lowest BCUT2D eigenvalue weighted by atomic mass is 9.98. The van der Waals surface area contributed by atoms with Gasteiger partial charge in [0.2, 0.25) is 0 Å². The average Bonchev–Trinajstić information content (AvgIpc) is 2.68. The third kappa shape index (κ3) is 4.34. The number of carboxylic acids is 1. The Bertz CT molecular complexity index is 875. The third-order valence-electron chi connectivity index (χ3n) is 4.52. The van der Waals surface area contributed by atoms with Crippen molar-refractivity contribution in [1.82, 2.24) is 9.88 Å². The maximum atomic E-state index is 12.5. The molecule has 0 bridgehead atoms. The van der Waals surface area contributed by atoms with Gasteiger partial charge < -0.3 is 14.7 Å². The maximum Gasteiger partial charge on any atom is 0.347 e. The summed E-state index contributed by atoms with van der Waals surface area (Å²) in [6.45, 7) is 4.19. The number of carbonyl (C=O) groups is 2. The standard InChI is InChI=1S/C21H22N2O4/c1-21(2,20(25)26)27-18-5-3-4-17(14-18)15-8-12-23(13-9-15)19(24)16-6-10-22-11-7-16/h3-8,10-11,14H,9,12-13H2,1-2H3,(H,25,26). The summed E-state index contributed by atoms with van der Waals surface area (Å²) in [5, 5.41) is 9.22. The van der Waals surface area contributed by atoms with Gasteiger partial charge in [0.05, 0.1) is 0 Å². The Morgan fingerprint density at radius 2 is 1.93 bits per heavy atom. The number of benzene rings is 1. The highest BCUT2D eigenvalue weighted by molar-refractivity contribution is 5.94. The smallest absolute Gasteiger partial charge is 0.347 e. The van der Waals surface area contributed by atoms with E-state index in [1.807, 2.05) is 24.3 Å². The minimum atomic E-state index is -1.30. The number of pyridine rings is 1.